The van der Waals surface area contributed by atoms with E-state index in [1.807, 2.05) is 27.7 Å². The minimum Gasteiger partial charge on any atom is -0.466 e. The van der Waals surface area contributed by atoms with Crippen molar-refractivity contribution in [2.75, 3.05) is 38.5 Å². The third kappa shape index (κ3) is 13.0. The number of likely N-dealkylation sites (tertiary alicyclic amines) is 2. The van der Waals surface area contributed by atoms with E-state index in [1.165, 1.54) is 0 Å². The molecule has 2 saturated heterocycles. The Morgan fingerprint density at radius 1 is 1.00 bits per heavy atom. The van der Waals surface area contributed by atoms with Gasteiger partial charge in [0, 0.05) is 32.6 Å². The van der Waals surface area contributed by atoms with Crippen LogP contribution in [0.4, 0.5) is 4.79 Å². The van der Waals surface area contributed by atoms with Crippen molar-refractivity contribution in [1.29, 1.82) is 0 Å². The van der Waals surface area contributed by atoms with Gasteiger partial charge in [0.15, 0.2) is 0 Å². The molecular formula is C28H50N4O8S. The molecule has 2 atom stereocenters. The normalized spacial score (nSPS) is 19.4. The summed E-state index contributed by atoms with van der Waals surface area (Å²) < 4.78 is 37.7. The summed E-state index contributed by atoms with van der Waals surface area (Å²) >= 11 is 0. The molecule has 0 saturated carbocycles. The fourth-order valence-corrected chi connectivity index (χ4v) is 6.40. The molecule has 13 heteroatoms. The molecule has 2 rings (SSSR count). The Balaban J connectivity index is 1.86. The Labute approximate surface area is 245 Å². The van der Waals surface area contributed by atoms with Gasteiger partial charge in [-0.15, -0.1) is 0 Å². The largest absolute Gasteiger partial charge is 0.466 e. The van der Waals surface area contributed by atoms with E-state index in [0.29, 0.717) is 57.7 Å². The van der Waals surface area contributed by atoms with Crippen LogP contribution < -0.4 is 10.0 Å². The van der Waals surface area contributed by atoms with Crippen LogP contribution in [-0.4, -0.2) is 92.4 Å². The predicted octanol–water partition coefficient (Wildman–Crippen LogP) is 2.77. The molecule has 2 aliphatic rings. The zero-order chi connectivity index (χ0) is 30.6. The maximum atomic E-state index is 13.1. The number of nitrogens with zero attached hydrogens (tertiary/aromatic N) is 2. The molecule has 0 aliphatic carbocycles. The quantitative estimate of drug-likeness (QED) is 0.241. The van der Waals surface area contributed by atoms with Crippen molar-refractivity contribution in [3.8, 4) is 0 Å². The molecule has 2 N–H and O–H groups in total. The molecule has 2 aliphatic heterocycles. The van der Waals surface area contributed by atoms with Crippen LogP contribution in [0, 0.1) is 11.8 Å². The lowest BCUT2D eigenvalue weighted by Crippen LogP contribution is -2.53. The van der Waals surface area contributed by atoms with E-state index >= 15 is 0 Å². The van der Waals surface area contributed by atoms with Crippen molar-refractivity contribution in [3.63, 3.8) is 0 Å². The lowest BCUT2D eigenvalue weighted by Gasteiger charge is -2.35. The van der Waals surface area contributed by atoms with E-state index in [1.54, 1.807) is 16.7 Å². The number of amides is 3. The van der Waals surface area contributed by atoms with Gasteiger partial charge in [0.1, 0.15) is 11.8 Å². The molecule has 41 heavy (non-hydrogen) atoms. The van der Waals surface area contributed by atoms with Crippen molar-refractivity contribution in [2.24, 2.45) is 11.8 Å². The second kappa shape index (κ2) is 16.3. The van der Waals surface area contributed by atoms with Crippen molar-refractivity contribution in [1.82, 2.24) is 19.8 Å². The Hall–Kier alpha value is -2.41. The molecule has 0 aromatic heterocycles. The number of hydrogen-bond acceptors (Lipinski definition) is 8. The van der Waals surface area contributed by atoms with Gasteiger partial charge in [0.2, 0.25) is 21.8 Å². The zero-order valence-electron chi connectivity index (χ0n) is 25.4. The number of esters is 1. The van der Waals surface area contributed by atoms with Gasteiger partial charge in [0.05, 0.1) is 24.7 Å². The summed E-state index contributed by atoms with van der Waals surface area (Å²) in [5.41, 5.74) is -0.534. The number of sulfonamides is 1. The third-order valence-electron chi connectivity index (χ3n) is 7.26. The maximum Gasteiger partial charge on any atom is 0.410 e. The summed E-state index contributed by atoms with van der Waals surface area (Å²) in [6, 6.07) is 0. The van der Waals surface area contributed by atoms with Gasteiger partial charge in [-0.3, -0.25) is 14.4 Å². The van der Waals surface area contributed by atoms with Gasteiger partial charge in [0.25, 0.3) is 0 Å². The van der Waals surface area contributed by atoms with Crippen LogP contribution in [0.1, 0.15) is 92.4 Å². The smallest absolute Gasteiger partial charge is 0.410 e. The van der Waals surface area contributed by atoms with Crippen LogP contribution in [0.2, 0.25) is 0 Å². The molecule has 0 spiro atoms. The average Bonchev–Trinajstić information content (AvgIpc) is 2.89. The predicted molar refractivity (Wildman–Crippen MR) is 154 cm³/mol. The molecule has 0 unspecified atom stereocenters. The number of rotatable bonds is 13. The van der Waals surface area contributed by atoms with Crippen LogP contribution in [0.25, 0.3) is 0 Å². The number of carbonyl (C=O) groups is 4. The number of hydrogen-bond donors (Lipinski definition) is 2. The Kier molecular flexibility index (Phi) is 13.8. The van der Waals surface area contributed by atoms with Gasteiger partial charge < -0.3 is 24.6 Å². The SMILES string of the molecule is CCCCS(=O)(=O)N[C@@H](CC(=O)OCC)NC(=O)[C@@H]1CCCN(C(=O)CCC2CCN(C(=O)OC(C)(C)C)CC2)C1. The molecule has 0 aromatic carbocycles. The zero-order valence-corrected chi connectivity index (χ0v) is 26.2. The molecule has 12 nitrogen and oxygen atoms in total. The molecule has 0 aromatic rings. The highest BCUT2D eigenvalue weighted by Crippen LogP contribution is 2.25. The summed E-state index contributed by atoms with van der Waals surface area (Å²) in [6.45, 7) is 11.2. The molecule has 2 fully saturated rings. The van der Waals surface area contributed by atoms with Gasteiger partial charge in [-0.1, -0.05) is 13.3 Å². The van der Waals surface area contributed by atoms with Crippen molar-refractivity contribution < 1.29 is 37.1 Å². The summed E-state index contributed by atoms with van der Waals surface area (Å²) in [7, 11) is -3.70. The highest BCUT2D eigenvalue weighted by Gasteiger charge is 2.32. The molecule has 236 valence electrons. The fraction of sp³-hybridized carbons (Fsp3) is 0.857. The number of unbranched alkanes of at least 4 members (excludes halogenated alkanes) is 1. The Bertz CT molecular complexity index is 990. The highest BCUT2D eigenvalue weighted by molar-refractivity contribution is 7.89. The van der Waals surface area contributed by atoms with Crippen LogP contribution >= 0.6 is 0 Å². The standard InChI is InChI=1S/C28H50N4O8S/c1-6-8-18-41(37,38)30-23(19-25(34)39-7-2)29-26(35)22-10-9-15-32(20-22)24(33)12-11-21-13-16-31(17-14-21)27(36)40-28(3,4)5/h21-23,30H,6-20H2,1-5H3,(H,29,35)/t22-,23+/m1/s1. The topological polar surface area (TPSA) is 151 Å². The third-order valence-corrected chi connectivity index (χ3v) is 8.73. The van der Waals surface area contributed by atoms with Gasteiger partial charge in [-0.2, -0.15) is 4.72 Å². The van der Waals surface area contributed by atoms with Crippen molar-refractivity contribution in [3.05, 3.63) is 0 Å². The summed E-state index contributed by atoms with van der Waals surface area (Å²) in [6.07, 6.45) is 3.32. The first-order valence-corrected chi connectivity index (χ1v) is 16.6. The summed E-state index contributed by atoms with van der Waals surface area (Å²) in [4.78, 5) is 53.9. The van der Waals surface area contributed by atoms with E-state index < -0.39 is 39.6 Å². The van der Waals surface area contributed by atoms with E-state index in [0.717, 1.165) is 19.3 Å². The van der Waals surface area contributed by atoms with E-state index in [4.69, 9.17) is 9.47 Å². The van der Waals surface area contributed by atoms with E-state index in [-0.39, 0.29) is 37.3 Å². The first-order valence-electron chi connectivity index (χ1n) is 14.9. The van der Waals surface area contributed by atoms with Crippen molar-refractivity contribution >= 4 is 33.9 Å². The number of nitrogens with one attached hydrogen (secondary N) is 2. The second-order valence-electron chi connectivity index (χ2n) is 12.0. The van der Waals surface area contributed by atoms with E-state index in [2.05, 4.69) is 10.0 Å². The fourth-order valence-electron chi connectivity index (χ4n) is 5.04. The van der Waals surface area contributed by atoms with Crippen LogP contribution in [-0.2, 0) is 33.9 Å². The maximum absolute atomic E-state index is 13.1. The van der Waals surface area contributed by atoms with Crippen LogP contribution in [0.5, 0.6) is 0 Å². The molecule has 2 heterocycles. The lowest BCUT2D eigenvalue weighted by molar-refractivity contribution is -0.144. The molecule has 3 amide bonds. The average molecular weight is 603 g/mol. The highest BCUT2D eigenvalue weighted by atomic mass is 32.2. The minimum atomic E-state index is -3.70. The molecule has 0 bridgehead atoms. The van der Waals surface area contributed by atoms with Crippen LogP contribution in [0.15, 0.2) is 0 Å². The second-order valence-corrected chi connectivity index (χ2v) is 13.9. The molecular weight excluding hydrogens is 552 g/mol. The van der Waals surface area contributed by atoms with E-state index in [9.17, 15) is 27.6 Å². The van der Waals surface area contributed by atoms with Gasteiger partial charge >= 0.3 is 12.1 Å². The summed E-state index contributed by atoms with van der Waals surface area (Å²) in [5, 5.41) is 2.67. The van der Waals surface area contributed by atoms with Crippen LogP contribution in [0.3, 0.4) is 0 Å². The number of piperidine rings is 2. The first-order chi connectivity index (χ1) is 19.2. The van der Waals surface area contributed by atoms with Gasteiger partial charge in [-0.05, 0) is 72.1 Å². The molecule has 0 radical (unpaired) electrons. The Morgan fingerprint density at radius 3 is 2.29 bits per heavy atom. The lowest BCUT2D eigenvalue weighted by atomic mass is 9.91. The van der Waals surface area contributed by atoms with Gasteiger partial charge in [-0.25, -0.2) is 13.2 Å². The van der Waals surface area contributed by atoms with Crippen molar-refractivity contribution in [2.45, 2.75) is 104 Å². The summed E-state index contributed by atoms with van der Waals surface area (Å²) in [5.74, 6) is -1.30. The monoisotopic (exact) mass is 602 g/mol. The number of carbonyl (C=O) groups excluding carboxylic acids is 4. The Morgan fingerprint density at radius 2 is 1.68 bits per heavy atom. The first kappa shape index (κ1) is 34.8. The minimum absolute atomic E-state index is 0.0135. The number of ether oxygens (including phenoxy) is 2.